The number of aromatic nitrogens is 1. The number of nitrogens with one attached hydrogen (secondary N) is 1. The van der Waals surface area contributed by atoms with Gasteiger partial charge in [0.15, 0.2) is 0 Å². The van der Waals surface area contributed by atoms with Crippen molar-refractivity contribution in [3.63, 3.8) is 0 Å². The summed E-state index contributed by atoms with van der Waals surface area (Å²) in [5.74, 6) is 0.284. The topological polar surface area (TPSA) is 55.1 Å². The molecule has 1 amide bonds. The minimum atomic E-state index is -0.195. The van der Waals surface area contributed by atoms with E-state index < -0.39 is 0 Å². The Hall–Kier alpha value is -2.59. The van der Waals surface area contributed by atoms with Crippen LogP contribution in [0.25, 0.3) is 11.3 Å². The Labute approximate surface area is 158 Å². The molecule has 1 aromatic heterocycles. The summed E-state index contributed by atoms with van der Waals surface area (Å²) in [5.41, 5.74) is 2.85. The average molecular weight is 369 g/mol. The Morgan fingerprint density at radius 2 is 1.85 bits per heavy atom. The lowest BCUT2D eigenvalue weighted by Gasteiger charge is -2.14. The van der Waals surface area contributed by atoms with Gasteiger partial charge in [-0.3, -0.25) is 4.79 Å². The second-order valence-corrected chi connectivity index (χ2v) is 6.75. The van der Waals surface area contributed by atoms with Crippen molar-refractivity contribution in [2.75, 3.05) is 0 Å². The van der Waals surface area contributed by atoms with Crippen LogP contribution in [-0.4, -0.2) is 17.1 Å². The number of aryl methyl sites for hydroxylation is 2. The number of rotatable bonds is 6. The Morgan fingerprint density at radius 3 is 2.58 bits per heavy atom. The molecule has 5 heteroatoms. The molecule has 0 bridgehead atoms. The fraction of sp³-hybridized carbons (Fsp3) is 0.238. The molecule has 134 valence electrons. The molecule has 0 radical (unpaired) electrons. The first-order chi connectivity index (χ1) is 12.6. The lowest BCUT2D eigenvalue weighted by molar-refractivity contribution is 0.0937. The molecule has 0 unspecified atom stereocenters. The third-order valence-corrected chi connectivity index (χ3v) is 4.63. The predicted octanol–water partition coefficient (Wildman–Crippen LogP) is 5.05. The summed E-state index contributed by atoms with van der Waals surface area (Å²) >= 11 is 6.25. The van der Waals surface area contributed by atoms with Crippen LogP contribution in [-0.2, 0) is 6.42 Å². The van der Waals surface area contributed by atoms with E-state index in [1.807, 2.05) is 43.3 Å². The summed E-state index contributed by atoms with van der Waals surface area (Å²) in [6.07, 6.45) is 1.75. The molecule has 4 nitrogen and oxygen atoms in total. The molecule has 3 rings (SSSR count). The molecule has 0 fully saturated rings. The zero-order valence-corrected chi connectivity index (χ0v) is 15.6. The minimum absolute atomic E-state index is 0.0242. The van der Waals surface area contributed by atoms with Gasteiger partial charge < -0.3 is 9.84 Å². The van der Waals surface area contributed by atoms with Gasteiger partial charge >= 0.3 is 0 Å². The molecule has 1 N–H and O–H groups in total. The van der Waals surface area contributed by atoms with Crippen molar-refractivity contribution in [2.24, 2.45) is 0 Å². The van der Waals surface area contributed by atoms with Gasteiger partial charge in [-0.2, -0.15) is 0 Å². The lowest BCUT2D eigenvalue weighted by atomic mass is 10.0. The van der Waals surface area contributed by atoms with Crippen molar-refractivity contribution < 1.29 is 9.32 Å². The van der Waals surface area contributed by atoms with Crippen LogP contribution in [0, 0.1) is 6.92 Å². The maximum atomic E-state index is 12.8. The van der Waals surface area contributed by atoms with Gasteiger partial charge in [0.25, 0.3) is 5.91 Å². The average Bonchev–Trinajstić information content (AvgIpc) is 3.02. The molecule has 2 aromatic carbocycles. The molecule has 0 spiro atoms. The number of benzene rings is 2. The van der Waals surface area contributed by atoms with Crippen LogP contribution >= 0.6 is 11.6 Å². The van der Waals surface area contributed by atoms with Gasteiger partial charge in [0.1, 0.15) is 17.0 Å². The summed E-state index contributed by atoms with van der Waals surface area (Å²) in [5, 5.41) is 7.62. The minimum Gasteiger partial charge on any atom is -0.360 e. The van der Waals surface area contributed by atoms with Gasteiger partial charge in [-0.05, 0) is 38.3 Å². The highest BCUT2D eigenvalue weighted by atomic mass is 35.5. The predicted molar refractivity (Wildman–Crippen MR) is 103 cm³/mol. The van der Waals surface area contributed by atoms with Crippen LogP contribution in [0.1, 0.15) is 35.0 Å². The normalized spacial score (nSPS) is 12.0. The van der Waals surface area contributed by atoms with E-state index in [0.717, 1.165) is 12.8 Å². The zero-order valence-electron chi connectivity index (χ0n) is 14.8. The first-order valence-corrected chi connectivity index (χ1v) is 9.00. The number of hydrogen-bond donors (Lipinski definition) is 1. The number of hydrogen-bond acceptors (Lipinski definition) is 3. The van der Waals surface area contributed by atoms with E-state index in [2.05, 4.69) is 22.6 Å². The Kier molecular flexibility index (Phi) is 5.74. The molecule has 0 aliphatic carbocycles. The molecule has 0 saturated heterocycles. The van der Waals surface area contributed by atoms with Crippen LogP contribution in [0.2, 0.25) is 5.02 Å². The zero-order chi connectivity index (χ0) is 18.5. The fourth-order valence-electron chi connectivity index (χ4n) is 2.87. The van der Waals surface area contributed by atoms with Crippen LogP contribution in [0.15, 0.2) is 59.1 Å². The van der Waals surface area contributed by atoms with Crippen LogP contribution in [0.4, 0.5) is 0 Å². The Bertz CT molecular complexity index is 890. The summed E-state index contributed by atoms with van der Waals surface area (Å²) in [6, 6.07) is 17.5. The number of carbonyl (C=O) groups is 1. The first-order valence-electron chi connectivity index (χ1n) is 8.62. The number of carbonyl (C=O) groups excluding carboxylic acids is 1. The van der Waals surface area contributed by atoms with Crippen molar-refractivity contribution in [2.45, 2.75) is 32.7 Å². The highest BCUT2D eigenvalue weighted by Gasteiger charge is 2.23. The van der Waals surface area contributed by atoms with E-state index in [1.54, 1.807) is 13.0 Å². The first kappa shape index (κ1) is 18.2. The van der Waals surface area contributed by atoms with E-state index in [9.17, 15) is 4.79 Å². The smallest absolute Gasteiger partial charge is 0.257 e. The maximum Gasteiger partial charge on any atom is 0.257 e. The molecular weight excluding hydrogens is 348 g/mol. The Morgan fingerprint density at radius 1 is 1.15 bits per heavy atom. The monoisotopic (exact) mass is 368 g/mol. The highest BCUT2D eigenvalue weighted by Crippen LogP contribution is 2.31. The van der Waals surface area contributed by atoms with Gasteiger partial charge in [0.2, 0.25) is 0 Å². The Balaban J connectivity index is 1.72. The van der Waals surface area contributed by atoms with Crippen molar-refractivity contribution in [3.8, 4) is 11.3 Å². The van der Waals surface area contributed by atoms with E-state index >= 15 is 0 Å². The second-order valence-electron chi connectivity index (χ2n) is 6.34. The quantitative estimate of drug-likeness (QED) is 0.662. The third kappa shape index (κ3) is 4.14. The van der Waals surface area contributed by atoms with Gasteiger partial charge in [-0.15, -0.1) is 0 Å². The number of nitrogens with zero attached hydrogens (tertiary/aromatic N) is 1. The van der Waals surface area contributed by atoms with Gasteiger partial charge in [0, 0.05) is 11.6 Å². The summed E-state index contributed by atoms with van der Waals surface area (Å²) in [6.45, 7) is 3.73. The van der Waals surface area contributed by atoms with Crippen molar-refractivity contribution in [1.29, 1.82) is 0 Å². The van der Waals surface area contributed by atoms with Crippen LogP contribution < -0.4 is 5.32 Å². The number of amides is 1. The van der Waals surface area contributed by atoms with E-state index in [0.29, 0.717) is 27.6 Å². The molecule has 3 aromatic rings. The van der Waals surface area contributed by atoms with Gasteiger partial charge in [-0.1, -0.05) is 65.3 Å². The highest BCUT2D eigenvalue weighted by molar-refractivity contribution is 6.33. The van der Waals surface area contributed by atoms with Crippen LogP contribution in [0.3, 0.4) is 0 Å². The van der Waals surface area contributed by atoms with Crippen LogP contribution in [0.5, 0.6) is 0 Å². The number of halogens is 1. The SMILES string of the molecule is Cc1onc(-c2ccccc2Cl)c1C(=O)N[C@H](C)CCc1ccccc1. The van der Waals surface area contributed by atoms with Crippen molar-refractivity contribution >= 4 is 17.5 Å². The van der Waals surface area contributed by atoms with Crippen molar-refractivity contribution in [3.05, 3.63) is 76.5 Å². The summed E-state index contributed by atoms with van der Waals surface area (Å²) in [7, 11) is 0. The van der Waals surface area contributed by atoms with E-state index in [1.165, 1.54) is 5.56 Å². The lowest BCUT2D eigenvalue weighted by Crippen LogP contribution is -2.33. The molecule has 1 heterocycles. The molecule has 0 saturated carbocycles. The second kappa shape index (κ2) is 8.19. The van der Waals surface area contributed by atoms with Crippen molar-refractivity contribution in [1.82, 2.24) is 10.5 Å². The third-order valence-electron chi connectivity index (χ3n) is 4.31. The summed E-state index contributed by atoms with van der Waals surface area (Å²) in [4.78, 5) is 12.8. The molecule has 1 atom stereocenters. The van der Waals surface area contributed by atoms with E-state index in [-0.39, 0.29) is 11.9 Å². The fourth-order valence-corrected chi connectivity index (χ4v) is 3.10. The summed E-state index contributed by atoms with van der Waals surface area (Å²) < 4.78 is 5.27. The molecule has 0 aliphatic rings. The molecule has 26 heavy (non-hydrogen) atoms. The van der Waals surface area contributed by atoms with Gasteiger partial charge in [0.05, 0.1) is 5.02 Å². The van der Waals surface area contributed by atoms with Gasteiger partial charge in [-0.25, -0.2) is 0 Å². The van der Waals surface area contributed by atoms with E-state index in [4.69, 9.17) is 16.1 Å². The standard InChI is InChI=1S/C21H21ClN2O2/c1-14(12-13-16-8-4-3-5-9-16)23-21(25)19-15(2)26-24-20(19)17-10-6-7-11-18(17)22/h3-11,14H,12-13H2,1-2H3,(H,23,25)/t14-/m1/s1. The largest absolute Gasteiger partial charge is 0.360 e. The maximum absolute atomic E-state index is 12.8. The molecular formula is C21H21ClN2O2. The molecule has 0 aliphatic heterocycles.